The molecule has 1 heterocycles. The van der Waals surface area contributed by atoms with E-state index in [-0.39, 0.29) is 17.9 Å². The van der Waals surface area contributed by atoms with Gasteiger partial charge in [0.25, 0.3) is 0 Å². The maximum Gasteiger partial charge on any atom is 0.434 e. The second-order valence-electron chi connectivity index (χ2n) is 4.48. The summed E-state index contributed by atoms with van der Waals surface area (Å²) in [5, 5.41) is 9.12. The van der Waals surface area contributed by atoms with Gasteiger partial charge in [0.05, 0.1) is 12.2 Å². The van der Waals surface area contributed by atoms with Crippen LogP contribution < -0.4 is 4.74 Å². The van der Waals surface area contributed by atoms with Crippen molar-refractivity contribution in [2.24, 2.45) is 0 Å². The van der Waals surface area contributed by atoms with Crippen LogP contribution in [0.5, 0.6) is 11.6 Å². The van der Waals surface area contributed by atoms with E-state index in [0.717, 1.165) is 6.07 Å². The van der Waals surface area contributed by atoms with Crippen LogP contribution in [0.4, 0.5) is 13.2 Å². The number of nitriles is 1. The fourth-order valence-electron chi connectivity index (χ4n) is 1.84. The van der Waals surface area contributed by atoms with Crippen LogP contribution in [0, 0.1) is 11.3 Å². The number of alkyl halides is 3. The monoisotopic (exact) mass is 336 g/mol. The first-order valence-corrected chi connectivity index (χ1v) is 6.79. The highest BCUT2D eigenvalue weighted by atomic mass is 19.4. The molecule has 2 rings (SSSR count). The number of aromatic nitrogens is 1. The molecule has 0 atom stereocenters. The van der Waals surface area contributed by atoms with Crippen molar-refractivity contribution in [3.63, 3.8) is 0 Å². The molecule has 1 aromatic carbocycles. The summed E-state index contributed by atoms with van der Waals surface area (Å²) in [4.78, 5) is 15.1. The number of benzene rings is 1. The highest BCUT2D eigenvalue weighted by molar-refractivity contribution is 5.91. The smallest absolute Gasteiger partial charge is 0.434 e. The third-order valence-electron chi connectivity index (χ3n) is 2.83. The van der Waals surface area contributed by atoms with Crippen LogP contribution in [0.3, 0.4) is 0 Å². The van der Waals surface area contributed by atoms with Crippen molar-refractivity contribution in [2.75, 3.05) is 6.61 Å². The van der Waals surface area contributed by atoms with Crippen LogP contribution in [0.25, 0.3) is 0 Å². The van der Waals surface area contributed by atoms with Crippen molar-refractivity contribution >= 4 is 5.97 Å². The lowest BCUT2D eigenvalue weighted by Gasteiger charge is -2.14. The Labute approximate surface area is 135 Å². The van der Waals surface area contributed by atoms with Gasteiger partial charge in [0.1, 0.15) is 17.4 Å². The summed E-state index contributed by atoms with van der Waals surface area (Å²) in [6.07, 6.45) is -4.91. The van der Waals surface area contributed by atoms with Crippen LogP contribution in [-0.4, -0.2) is 17.6 Å². The molecule has 0 saturated carbocycles. The number of pyridine rings is 1. The molecule has 1 aromatic heterocycles. The Bertz CT molecular complexity index is 784. The van der Waals surface area contributed by atoms with E-state index in [1.165, 1.54) is 19.1 Å². The zero-order valence-corrected chi connectivity index (χ0v) is 12.4. The summed E-state index contributed by atoms with van der Waals surface area (Å²) in [6, 6.07) is 10.3. The lowest BCUT2D eigenvalue weighted by molar-refractivity contribution is -0.141. The Morgan fingerprint density at radius 2 is 1.96 bits per heavy atom. The van der Waals surface area contributed by atoms with E-state index in [1.807, 2.05) is 0 Å². The molecule has 0 fully saturated rings. The topological polar surface area (TPSA) is 72.2 Å². The number of ether oxygens (including phenoxy) is 2. The Kier molecular flexibility index (Phi) is 5.04. The first kappa shape index (κ1) is 17.3. The largest absolute Gasteiger partial charge is 0.462 e. The van der Waals surface area contributed by atoms with Gasteiger partial charge in [-0.2, -0.15) is 18.4 Å². The highest BCUT2D eigenvalue weighted by Gasteiger charge is 2.39. The molecule has 0 spiro atoms. The van der Waals surface area contributed by atoms with Crippen LogP contribution in [0.1, 0.15) is 28.5 Å². The molecule has 0 aliphatic carbocycles. The normalized spacial score (nSPS) is 10.8. The molecule has 0 radical (unpaired) electrons. The number of esters is 1. The summed E-state index contributed by atoms with van der Waals surface area (Å²) < 4.78 is 49.4. The molecule has 5 nitrogen and oxygen atoms in total. The zero-order chi connectivity index (χ0) is 17.7. The van der Waals surface area contributed by atoms with Gasteiger partial charge in [0.2, 0.25) is 5.88 Å². The zero-order valence-electron chi connectivity index (χ0n) is 12.4. The predicted octanol–water partition coefficient (Wildman–Crippen LogP) is 3.94. The minimum atomic E-state index is -4.91. The Morgan fingerprint density at radius 3 is 2.50 bits per heavy atom. The molecule has 0 aliphatic rings. The number of hydrogen-bond donors (Lipinski definition) is 0. The van der Waals surface area contributed by atoms with E-state index in [9.17, 15) is 18.0 Å². The van der Waals surface area contributed by atoms with Crippen molar-refractivity contribution in [1.82, 2.24) is 4.98 Å². The lowest BCUT2D eigenvalue weighted by Crippen LogP contribution is -2.18. The second-order valence-corrected chi connectivity index (χ2v) is 4.48. The van der Waals surface area contributed by atoms with Crippen LogP contribution in [-0.2, 0) is 10.9 Å². The molecule has 0 unspecified atom stereocenters. The fourth-order valence-corrected chi connectivity index (χ4v) is 1.84. The molecule has 24 heavy (non-hydrogen) atoms. The van der Waals surface area contributed by atoms with Crippen molar-refractivity contribution in [1.29, 1.82) is 5.26 Å². The van der Waals surface area contributed by atoms with Gasteiger partial charge in [-0.15, -0.1) is 0 Å². The van der Waals surface area contributed by atoms with Gasteiger partial charge in [-0.3, -0.25) is 0 Å². The SMILES string of the molecule is CCOC(=O)c1cc(C#N)c(Oc2ccccc2)nc1C(F)(F)F. The van der Waals surface area contributed by atoms with Crippen molar-refractivity contribution in [3.05, 3.63) is 53.2 Å². The van der Waals surface area contributed by atoms with Gasteiger partial charge >= 0.3 is 12.1 Å². The minimum absolute atomic E-state index is 0.111. The first-order chi connectivity index (χ1) is 11.4. The Morgan fingerprint density at radius 1 is 1.29 bits per heavy atom. The van der Waals surface area contributed by atoms with E-state index < -0.39 is 29.3 Å². The summed E-state index contributed by atoms with van der Waals surface area (Å²) >= 11 is 0. The predicted molar refractivity (Wildman–Crippen MR) is 76.4 cm³/mol. The van der Waals surface area contributed by atoms with Crippen LogP contribution >= 0.6 is 0 Å². The van der Waals surface area contributed by atoms with E-state index in [1.54, 1.807) is 24.3 Å². The number of nitrogens with zero attached hydrogens (tertiary/aromatic N) is 2. The molecule has 0 amide bonds. The molecule has 8 heteroatoms. The fraction of sp³-hybridized carbons (Fsp3) is 0.188. The van der Waals surface area contributed by atoms with Gasteiger partial charge in [0, 0.05) is 0 Å². The van der Waals surface area contributed by atoms with E-state index in [0.29, 0.717) is 0 Å². The number of carbonyl (C=O) groups is 1. The van der Waals surface area contributed by atoms with E-state index in [2.05, 4.69) is 9.72 Å². The van der Waals surface area contributed by atoms with Crippen LogP contribution in [0.15, 0.2) is 36.4 Å². The number of para-hydroxylation sites is 1. The van der Waals surface area contributed by atoms with Crippen molar-refractivity contribution in [2.45, 2.75) is 13.1 Å². The van der Waals surface area contributed by atoms with Gasteiger partial charge in [-0.1, -0.05) is 18.2 Å². The molecule has 124 valence electrons. The molecular weight excluding hydrogens is 325 g/mol. The van der Waals surface area contributed by atoms with Gasteiger partial charge < -0.3 is 9.47 Å². The standard InChI is InChI=1S/C16H11F3N2O3/c1-2-23-15(22)12-8-10(9-20)14(21-13(12)16(17,18)19)24-11-6-4-3-5-7-11/h3-8H,2H2,1H3. The number of hydrogen-bond acceptors (Lipinski definition) is 5. The van der Waals surface area contributed by atoms with Crippen molar-refractivity contribution < 1.29 is 27.4 Å². The summed E-state index contributed by atoms with van der Waals surface area (Å²) in [6.45, 7) is 1.34. The summed E-state index contributed by atoms with van der Waals surface area (Å²) in [5.41, 5.74) is -2.61. The first-order valence-electron chi connectivity index (χ1n) is 6.79. The molecule has 0 bridgehead atoms. The summed E-state index contributed by atoms with van der Waals surface area (Å²) in [5.74, 6) is -1.54. The molecule has 0 N–H and O–H groups in total. The van der Waals surface area contributed by atoms with Crippen LogP contribution in [0.2, 0.25) is 0 Å². The van der Waals surface area contributed by atoms with Gasteiger partial charge in [-0.25, -0.2) is 9.78 Å². The quantitative estimate of drug-likeness (QED) is 0.791. The number of halogens is 3. The average Bonchev–Trinajstić information content (AvgIpc) is 2.54. The maximum absolute atomic E-state index is 13.2. The Balaban J connectivity index is 2.57. The minimum Gasteiger partial charge on any atom is -0.462 e. The number of carbonyl (C=O) groups excluding carboxylic acids is 1. The maximum atomic E-state index is 13.2. The molecule has 0 aliphatic heterocycles. The lowest BCUT2D eigenvalue weighted by atomic mass is 10.1. The number of rotatable bonds is 4. The molecule has 0 saturated heterocycles. The van der Waals surface area contributed by atoms with Gasteiger partial charge in [0.15, 0.2) is 5.69 Å². The van der Waals surface area contributed by atoms with Gasteiger partial charge in [-0.05, 0) is 25.1 Å². The van der Waals surface area contributed by atoms with E-state index >= 15 is 0 Å². The highest BCUT2D eigenvalue weighted by Crippen LogP contribution is 2.35. The molecular formula is C16H11F3N2O3. The third kappa shape index (κ3) is 3.81. The average molecular weight is 336 g/mol. The molecule has 2 aromatic rings. The summed E-state index contributed by atoms with van der Waals surface area (Å²) in [7, 11) is 0. The van der Waals surface area contributed by atoms with Crippen molar-refractivity contribution in [3.8, 4) is 17.7 Å². The Hall–Kier alpha value is -3.08. The second kappa shape index (κ2) is 7.00. The third-order valence-corrected chi connectivity index (χ3v) is 2.83. The van der Waals surface area contributed by atoms with E-state index in [4.69, 9.17) is 10.00 Å².